The van der Waals surface area contributed by atoms with E-state index >= 15 is 0 Å². The number of hydrogen-bond acceptors (Lipinski definition) is 3. The maximum absolute atomic E-state index is 2.73. The summed E-state index contributed by atoms with van der Waals surface area (Å²) in [5.41, 5.74) is 30.0. The molecule has 0 fully saturated rings. The average molecular weight is 1080 g/mol. The lowest BCUT2D eigenvalue weighted by Crippen LogP contribution is -2.61. The largest absolute Gasteiger partial charge is 0.311 e. The van der Waals surface area contributed by atoms with Crippen LogP contribution in [0.4, 0.5) is 51.2 Å². The monoisotopic (exact) mass is 1080 g/mol. The first-order valence-corrected chi connectivity index (χ1v) is 30.2. The van der Waals surface area contributed by atoms with E-state index in [-0.39, 0.29) is 33.8 Å². The van der Waals surface area contributed by atoms with E-state index in [2.05, 4.69) is 316 Å². The lowest BCUT2D eigenvalue weighted by molar-refractivity contribution is 0.403. The third kappa shape index (κ3) is 8.61. The summed E-state index contributed by atoms with van der Waals surface area (Å²) in [7, 11) is 0. The molecular formula is C79H76BN3. The molecular weight excluding hydrogens is 1000 g/mol. The van der Waals surface area contributed by atoms with Gasteiger partial charge in [-0.3, -0.25) is 0 Å². The quantitative estimate of drug-likeness (QED) is 0.140. The fourth-order valence-corrected chi connectivity index (χ4v) is 15.7. The normalized spacial score (nSPS) is 16.4. The van der Waals surface area contributed by atoms with E-state index in [0.29, 0.717) is 0 Å². The second kappa shape index (κ2) is 18.8. The van der Waals surface area contributed by atoms with Crippen molar-refractivity contribution in [1.82, 2.24) is 0 Å². The molecule has 3 nitrogen and oxygen atoms in total. The molecule has 4 aliphatic rings. The van der Waals surface area contributed by atoms with Gasteiger partial charge in [0.15, 0.2) is 0 Å². The molecule has 410 valence electrons. The van der Waals surface area contributed by atoms with Crippen molar-refractivity contribution < 1.29 is 0 Å². The fraction of sp³-hybridized carbons (Fsp3) is 0.241. The Morgan fingerprint density at radius 2 is 0.831 bits per heavy atom. The first kappa shape index (κ1) is 52.7. The predicted octanol–water partition coefficient (Wildman–Crippen LogP) is 19.8. The van der Waals surface area contributed by atoms with Gasteiger partial charge >= 0.3 is 0 Å². The van der Waals surface area contributed by atoms with Crippen molar-refractivity contribution in [3.8, 4) is 33.4 Å². The molecule has 2 aliphatic carbocycles. The summed E-state index contributed by atoms with van der Waals surface area (Å²) < 4.78 is 0. The zero-order valence-electron chi connectivity index (χ0n) is 50.6. The number of fused-ring (bicyclic) bond motifs is 6. The van der Waals surface area contributed by atoms with Crippen LogP contribution in [0.15, 0.2) is 218 Å². The van der Waals surface area contributed by atoms with Crippen LogP contribution in [0.5, 0.6) is 0 Å². The van der Waals surface area contributed by atoms with E-state index in [4.69, 9.17) is 0 Å². The minimum atomic E-state index is -0.0963. The number of nitrogens with zero attached hydrogens (tertiary/aromatic N) is 3. The van der Waals surface area contributed by atoms with Crippen molar-refractivity contribution in [2.75, 3.05) is 14.7 Å². The van der Waals surface area contributed by atoms with Crippen LogP contribution in [0.2, 0.25) is 0 Å². The van der Waals surface area contributed by atoms with E-state index in [0.717, 1.165) is 35.6 Å². The molecule has 0 saturated carbocycles. The van der Waals surface area contributed by atoms with Gasteiger partial charge in [0.05, 0.1) is 11.4 Å². The van der Waals surface area contributed by atoms with Crippen LogP contribution in [0.3, 0.4) is 0 Å². The molecule has 0 radical (unpaired) electrons. The highest BCUT2D eigenvalue weighted by molar-refractivity contribution is 7.00. The Kier molecular flexibility index (Phi) is 12.0. The Morgan fingerprint density at radius 1 is 0.361 bits per heavy atom. The summed E-state index contributed by atoms with van der Waals surface area (Å²) in [5, 5.41) is 0. The zero-order valence-corrected chi connectivity index (χ0v) is 50.6. The number of benzene rings is 10. The first-order valence-electron chi connectivity index (χ1n) is 30.2. The third-order valence-electron chi connectivity index (χ3n) is 19.3. The SMILES string of the molecule is Cc1ccc(-c2ccccc2)cc1N1c2cc(-c3ccccc3)ccc2B2c3cc4c(cc3N(c3ccc(C(C)(C)C)cc3-c3ccc5c(c3)C(C)(C)CC5(C)C)c3cc(N(c5ccccc5)c5ccccc5)cc1c32)C(C)(C)CC4(C)C. The van der Waals surface area contributed by atoms with Gasteiger partial charge < -0.3 is 14.7 Å². The molecule has 83 heavy (non-hydrogen) atoms. The molecule has 0 spiro atoms. The standard InChI is InChI=1S/C79H76BN3/c1-51-33-34-54(52-25-17-13-18-26-52)42-69(51)83-70-43-55(53-27-19-14-20-28-53)36-39-66(70)80-67-47-64-65(79(11,12)50-78(64,9)10)48-71(67)82(72-45-60(46-73(83)74(72)80)81(58-29-21-15-22-30-58)59-31-23-16-24-32-59)68-40-37-57(75(2,3)4)44-61(68)56-35-38-62-63(41-56)77(7,8)49-76(62,5)6/h13-48H,49-50H2,1-12H3. The summed E-state index contributed by atoms with van der Waals surface area (Å²) in [4.78, 5) is 7.85. The van der Waals surface area contributed by atoms with Crippen molar-refractivity contribution in [1.29, 1.82) is 0 Å². The van der Waals surface area contributed by atoms with Gasteiger partial charge in [-0.2, -0.15) is 0 Å². The number of aryl methyl sites for hydroxylation is 1. The van der Waals surface area contributed by atoms with Gasteiger partial charge in [-0.15, -0.1) is 0 Å². The van der Waals surface area contributed by atoms with E-state index < -0.39 is 0 Å². The molecule has 0 amide bonds. The zero-order chi connectivity index (χ0) is 57.5. The fourth-order valence-electron chi connectivity index (χ4n) is 15.7. The van der Waals surface area contributed by atoms with Crippen molar-refractivity contribution in [2.45, 2.75) is 123 Å². The molecule has 4 heteroatoms. The Morgan fingerprint density at radius 3 is 1.40 bits per heavy atom. The summed E-state index contributed by atoms with van der Waals surface area (Å²) in [6.07, 6.45) is 2.19. The first-order chi connectivity index (χ1) is 39.7. The van der Waals surface area contributed by atoms with Crippen molar-refractivity contribution in [3.63, 3.8) is 0 Å². The molecule has 0 atom stereocenters. The second-order valence-corrected chi connectivity index (χ2v) is 28.1. The van der Waals surface area contributed by atoms with Gasteiger partial charge in [0, 0.05) is 45.4 Å². The predicted molar refractivity (Wildman–Crippen MR) is 356 cm³/mol. The van der Waals surface area contributed by atoms with Gasteiger partial charge in [0.2, 0.25) is 0 Å². The Hall–Kier alpha value is -8.34. The summed E-state index contributed by atoms with van der Waals surface area (Å²) in [6.45, 7) is 29.0. The molecule has 2 heterocycles. The van der Waals surface area contributed by atoms with Crippen LogP contribution in [0.1, 0.15) is 122 Å². The van der Waals surface area contributed by atoms with Crippen molar-refractivity contribution in [2.24, 2.45) is 0 Å². The minimum Gasteiger partial charge on any atom is -0.311 e. The molecule has 14 rings (SSSR count). The second-order valence-electron chi connectivity index (χ2n) is 28.1. The van der Waals surface area contributed by atoms with E-state index in [1.807, 2.05) is 0 Å². The Bertz CT molecular complexity index is 4160. The van der Waals surface area contributed by atoms with Crippen LogP contribution in [0.25, 0.3) is 33.4 Å². The smallest absolute Gasteiger partial charge is 0.252 e. The van der Waals surface area contributed by atoms with Crippen LogP contribution < -0.4 is 31.1 Å². The van der Waals surface area contributed by atoms with Crippen LogP contribution >= 0.6 is 0 Å². The van der Waals surface area contributed by atoms with Crippen LogP contribution in [-0.2, 0) is 27.1 Å². The molecule has 0 N–H and O–H groups in total. The minimum absolute atomic E-state index is 0.0272. The maximum atomic E-state index is 2.73. The molecule has 2 aliphatic heterocycles. The summed E-state index contributed by atoms with van der Waals surface area (Å²) in [5.74, 6) is 0. The van der Waals surface area contributed by atoms with Crippen LogP contribution in [0, 0.1) is 6.92 Å². The maximum Gasteiger partial charge on any atom is 0.252 e. The van der Waals surface area contributed by atoms with Gasteiger partial charge in [0.25, 0.3) is 6.71 Å². The topological polar surface area (TPSA) is 9.72 Å². The highest BCUT2D eigenvalue weighted by Gasteiger charge is 2.49. The lowest BCUT2D eigenvalue weighted by Gasteiger charge is -2.46. The summed E-state index contributed by atoms with van der Waals surface area (Å²) in [6, 6.07) is 83.6. The van der Waals surface area contributed by atoms with Gasteiger partial charge in [-0.05, 0) is 191 Å². The van der Waals surface area contributed by atoms with E-state index in [1.54, 1.807) is 0 Å². The highest BCUT2D eigenvalue weighted by Crippen LogP contribution is 2.56. The third-order valence-corrected chi connectivity index (χ3v) is 19.3. The molecule has 0 saturated heterocycles. The number of para-hydroxylation sites is 2. The van der Waals surface area contributed by atoms with Crippen molar-refractivity contribution in [3.05, 3.63) is 252 Å². The molecule has 0 bridgehead atoms. The average Bonchev–Trinajstić information content (AvgIpc) is 2.75. The van der Waals surface area contributed by atoms with Crippen LogP contribution in [-0.4, -0.2) is 6.71 Å². The van der Waals surface area contributed by atoms with Gasteiger partial charge in [-0.1, -0.05) is 228 Å². The van der Waals surface area contributed by atoms with E-state index in [9.17, 15) is 0 Å². The Labute approximate surface area is 494 Å². The van der Waals surface area contributed by atoms with E-state index in [1.165, 1.54) is 112 Å². The highest BCUT2D eigenvalue weighted by atomic mass is 15.2. The van der Waals surface area contributed by atoms with Gasteiger partial charge in [-0.25, -0.2) is 0 Å². The summed E-state index contributed by atoms with van der Waals surface area (Å²) >= 11 is 0. The number of rotatable bonds is 8. The number of anilines is 9. The molecule has 0 unspecified atom stereocenters. The molecule has 10 aromatic rings. The van der Waals surface area contributed by atoms with Gasteiger partial charge in [0.1, 0.15) is 0 Å². The number of hydrogen-bond donors (Lipinski definition) is 0. The molecule has 0 aromatic heterocycles. The Balaban J connectivity index is 1.15. The molecule has 10 aromatic carbocycles. The lowest BCUT2D eigenvalue weighted by atomic mass is 9.33. The van der Waals surface area contributed by atoms with Crippen molar-refractivity contribution >= 4 is 74.3 Å².